The molecule has 0 atom stereocenters. The van der Waals surface area contributed by atoms with Crippen molar-refractivity contribution in [3.05, 3.63) is 66.4 Å². The van der Waals surface area contributed by atoms with Gasteiger partial charge in [-0.2, -0.15) is 13.2 Å². The zero-order chi connectivity index (χ0) is 21.0. The van der Waals surface area contributed by atoms with Crippen LogP contribution in [-0.4, -0.2) is 16.1 Å². The lowest BCUT2D eigenvalue weighted by atomic mass is 10.2. The van der Waals surface area contributed by atoms with E-state index in [-0.39, 0.29) is 17.1 Å². The highest BCUT2D eigenvalue weighted by molar-refractivity contribution is 7.99. The fourth-order valence-corrected chi connectivity index (χ4v) is 4.17. The van der Waals surface area contributed by atoms with Crippen molar-refractivity contribution in [2.24, 2.45) is 0 Å². The first-order valence-corrected chi connectivity index (χ1v) is 10.5. The molecule has 1 fully saturated rings. The Morgan fingerprint density at radius 1 is 0.967 bits per heavy atom. The monoisotopic (exact) mass is 431 g/mol. The third-order valence-electron chi connectivity index (χ3n) is 4.73. The Balaban J connectivity index is 1.51. The SMILES string of the molecule is FC(F)(F)c1cnc(Nc2ccc(OC3CCCC3)cc2)nc1Sc1ccccc1. The molecule has 4 nitrogen and oxygen atoms in total. The van der Waals surface area contributed by atoms with Crippen LogP contribution in [-0.2, 0) is 6.18 Å². The first-order chi connectivity index (χ1) is 14.5. The number of hydrogen-bond acceptors (Lipinski definition) is 5. The molecule has 1 aliphatic rings. The summed E-state index contributed by atoms with van der Waals surface area (Å²) < 4.78 is 46.1. The first-order valence-electron chi connectivity index (χ1n) is 9.68. The lowest BCUT2D eigenvalue weighted by molar-refractivity contribution is -0.140. The summed E-state index contributed by atoms with van der Waals surface area (Å²) >= 11 is 0.955. The number of anilines is 2. The number of nitrogens with one attached hydrogen (secondary N) is 1. The van der Waals surface area contributed by atoms with Crippen molar-refractivity contribution in [1.29, 1.82) is 0 Å². The average Bonchev–Trinajstić information content (AvgIpc) is 3.23. The van der Waals surface area contributed by atoms with Crippen molar-refractivity contribution in [3.63, 3.8) is 0 Å². The van der Waals surface area contributed by atoms with E-state index < -0.39 is 11.7 Å². The van der Waals surface area contributed by atoms with E-state index in [9.17, 15) is 13.2 Å². The van der Waals surface area contributed by atoms with E-state index in [4.69, 9.17) is 4.74 Å². The molecule has 1 aliphatic carbocycles. The first kappa shape index (κ1) is 20.5. The number of rotatable bonds is 6. The van der Waals surface area contributed by atoms with Crippen LogP contribution >= 0.6 is 11.8 Å². The smallest absolute Gasteiger partial charge is 0.420 e. The Morgan fingerprint density at radius 2 is 1.67 bits per heavy atom. The van der Waals surface area contributed by atoms with E-state index >= 15 is 0 Å². The van der Waals surface area contributed by atoms with E-state index in [0.29, 0.717) is 10.6 Å². The van der Waals surface area contributed by atoms with Crippen LogP contribution in [0.2, 0.25) is 0 Å². The minimum atomic E-state index is -4.53. The molecule has 4 rings (SSSR count). The molecule has 3 aromatic rings. The molecule has 1 heterocycles. The van der Waals surface area contributed by atoms with Crippen molar-refractivity contribution in [2.45, 2.75) is 47.9 Å². The van der Waals surface area contributed by atoms with Crippen LogP contribution in [0.3, 0.4) is 0 Å². The average molecular weight is 431 g/mol. The molecule has 8 heteroatoms. The van der Waals surface area contributed by atoms with E-state index in [1.165, 1.54) is 12.8 Å². The third kappa shape index (κ3) is 5.24. The maximum atomic E-state index is 13.4. The summed E-state index contributed by atoms with van der Waals surface area (Å²) in [4.78, 5) is 8.65. The lowest BCUT2D eigenvalue weighted by Gasteiger charge is -2.14. The lowest BCUT2D eigenvalue weighted by Crippen LogP contribution is -2.11. The summed E-state index contributed by atoms with van der Waals surface area (Å²) in [5.74, 6) is 0.881. The number of halogens is 3. The van der Waals surface area contributed by atoms with E-state index in [2.05, 4.69) is 15.3 Å². The highest BCUT2D eigenvalue weighted by Gasteiger charge is 2.35. The van der Waals surface area contributed by atoms with Gasteiger partial charge >= 0.3 is 6.18 Å². The minimum Gasteiger partial charge on any atom is -0.490 e. The number of alkyl halides is 3. The summed E-state index contributed by atoms with van der Waals surface area (Å²) in [6.45, 7) is 0. The van der Waals surface area contributed by atoms with Crippen molar-refractivity contribution >= 4 is 23.4 Å². The van der Waals surface area contributed by atoms with Crippen molar-refractivity contribution in [2.75, 3.05) is 5.32 Å². The Kier molecular flexibility index (Phi) is 6.13. The molecule has 1 aromatic heterocycles. The van der Waals surface area contributed by atoms with Gasteiger partial charge in [0.1, 0.15) is 16.3 Å². The summed E-state index contributed by atoms with van der Waals surface area (Å²) in [7, 11) is 0. The molecule has 1 saturated carbocycles. The van der Waals surface area contributed by atoms with E-state index in [0.717, 1.165) is 36.5 Å². The van der Waals surface area contributed by atoms with Gasteiger partial charge in [0, 0.05) is 16.8 Å². The Labute approximate surface area is 176 Å². The molecule has 0 saturated heterocycles. The molecule has 156 valence electrons. The van der Waals surface area contributed by atoms with Crippen LogP contribution in [0.5, 0.6) is 5.75 Å². The molecule has 0 amide bonds. The Bertz CT molecular complexity index is 975. The fourth-order valence-electron chi connectivity index (χ4n) is 3.24. The molecule has 2 aromatic carbocycles. The van der Waals surface area contributed by atoms with Crippen LogP contribution < -0.4 is 10.1 Å². The second-order valence-electron chi connectivity index (χ2n) is 7.00. The van der Waals surface area contributed by atoms with Crippen molar-refractivity contribution in [1.82, 2.24) is 9.97 Å². The van der Waals surface area contributed by atoms with Gasteiger partial charge in [0.05, 0.1) is 6.10 Å². The van der Waals surface area contributed by atoms with E-state index in [1.807, 2.05) is 18.2 Å². The predicted molar refractivity (Wildman–Crippen MR) is 110 cm³/mol. The zero-order valence-corrected chi connectivity index (χ0v) is 16.8. The number of nitrogens with zero attached hydrogens (tertiary/aromatic N) is 2. The summed E-state index contributed by atoms with van der Waals surface area (Å²) in [5, 5.41) is 2.83. The summed E-state index contributed by atoms with van der Waals surface area (Å²) in [6.07, 6.45) is 1.08. The maximum absolute atomic E-state index is 13.4. The van der Waals surface area contributed by atoms with Gasteiger partial charge < -0.3 is 10.1 Å². The van der Waals surface area contributed by atoms with Gasteiger partial charge in [0.2, 0.25) is 5.95 Å². The van der Waals surface area contributed by atoms with Gasteiger partial charge in [-0.25, -0.2) is 9.97 Å². The molecule has 0 aliphatic heterocycles. The Hall–Kier alpha value is -2.74. The fraction of sp³-hybridized carbons (Fsp3) is 0.273. The summed E-state index contributed by atoms with van der Waals surface area (Å²) in [6, 6.07) is 16.1. The van der Waals surface area contributed by atoms with Gasteiger partial charge in [-0.05, 0) is 62.1 Å². The molecule has 0 unspecified atom stereocenters. The topological polar surface area (TPSA) is 47.0 Å². The number of aromatic nitrogens is 2. The minimum absolute atomic E-state index is 0.103. The van der Waals surface area contributed by atoms with Crippen LogP contribution in [0.4, 0.5) is 24.8 Å². The molecule has 30 heavy (non-hydrogen) atoms. The van der Waals surface area contributed by atoms with E-state index in [1.54, 1.807) is 36.4 Å². The van der Waals surface area contributed by atoms with Gasteiger partial charge in [0.15, 0.2) is 0 Å². The quantitative estimate of drug-likeness (QED) is 0.440. The number of ether oxygens (including phenoxy) is 1. The molecular weight excluding hydrogens is 411 g/mol. The second kappa shape index (κ2) is 8.95. The molecule has 0 radical (unpaired) electrons. The van der Waals surface area contributed by atoms with Crippen LogP contribution in [0.25, 0.3) is 0 Å². The second-order valence-corrected chi connectivity index (χ2v) is 8.06. The van der Waals surface area contributed by atoms with Crippen LogP contribution in [0.1, 0.15) is 31.2 Å². The highest BCUT2D eigenvalue weighted by Crippen LogP contribution is 2.38. The van der Waals surface area contributed by atoms with Gasteiger partial charge in [-0.3, -0.25) is 0 Å². The number of benzene rings is 2. The van der Waals surface area contributed by atoms with Crippen LogP contribution in [0, 0.1) is 0 Å². The normalized spacial score (nSPS) is 14.6. The van der Waals surface area contributed by atoms with Gasteiger partial charge in [-0.1, -0.05) is 30.0 Å². The molecule has 0 bridgehead atoms. The highest BCUT2D eigenvalue weighted by atomic mass is 32.2. The number of hydrogen-bond donors (Lipinski definition) is 1. The Morgan fingerprint density at radius 3 is 2.33 bits per heavy atom. The molecule has 1 N–H and O–H groups in total. The standard InChI is InChI=1S/C22H20F3N3OS/c23-22(24,25)19-14-26-21(28-20(19)30-18-8-2-1-3-9-18)27-15-10-12-17(13-11-15)29-16-6-4-5-7-16/h1-3,8-14,16H,4-7H2,(H,26,27,28). The van der Waals surface area contributed by atoms with Gasteiger partial charge in [0.25, 0.3) is 0 Å². The molecular formula is C22H20F3N3OS. The summed E-state index contributed by atoms with van der Waals surface area (Å²) in [5.41, 5.74) is -0.189. The third-order valence-corrected chi connectivity index (χ3v) is 5.74. The predicted octanol–water partition coefficient (Wildman–Crippen LogP) is 6.71. The zero-order valence-electron chi connectivity index (χ0n) is 16.0. The maximum Gasteiger partial charge on any atom is 0.420 e. The van der Waals surface area contributed by atoms with Crippen molar-refractivity contribution < 1.29 is 17.9 Å². The largest absolute Gasteiger partial charge is 0.490 e. The van der Waals surface area contributed by atoms with Gasteiger partial charge in [-0.15, -0.1) is 0 Å². The van der Waals surface area contributed by atoms with Crippen molar-refractivity contribution in [3.8, 4) is 5.75 Å². The van der Waals surface area contributed by atoms with Crippen LogP contribution in [0.15, 0.2) is 70.7 Å². The molecule has 0 spiro atoms.